The number of aromatic nitrogens is 3. The number of ether oxygens (including phenoxy) is 1. The van der Waals surface area contributed by atoms with Crippen molar-refractivity contribution < 1.29 is 9.53 Å². The van der Waals surface area contributed by atoms with Crippen LogP contribution in [0.4, 0.5) is 5.82 Å². The number of unbranched alkanes of at least 4 members (excludes halogenated alkanes) is 1. The van der Waals surface area contributed by atoms with E-state index in [-0.39, 0.29) is 11.5 Å². The number of rotatable bonds is 6. The Hall–Kier alpha value is -2.74. The number of fused-ring (bicyclic) bond motifs is 4. The summed E-state index contributed by atoms with van der Waals surface area (Å²) in [6, 6.07) is 5.44. The van der Waals surface area contributed by atoms with Gasteiger partial charge in [-0.1, -0.05) is 0 Å². The molecule has 0 amide bonds. The summed E-state index contributed by atoms with van der Waals surface area (Å²) in [5.41, 5.74) is 8.37. The molecule has 2 bridgehead atoms. The molecule has 0 aliphatic carbocycles. The molecule has 4 rings (SSSR count). The van der Waals surface area contributed by atoms with Crippen LogP contribution in [0.5, 0.6) is 0 Å². The lowest BCUT2D eigenvalue weighted by Crippen LogP contribution is -2.47. The topological polar surface area (TPSA) is 103 Å². The fraction of sp³-hybridized carbons (Fsp3) is 0.524. The average molecular weight is 397 g/mol. The number of pyridine rings is 1. The summed E-state index contributed by atoms with van der Waals surface area (Å²) in [4.78, 5) is 34.8. The first-order valence-electron chi connectivity index (χ1n) is 10.2. The van der Waals surface area contributed by atoms with Crippen molar-refractivity contribution >= 4 is 11.8 Å². The third kappa shape index (κ3) is 4.32. The number of piperidine rings is 1. The fourth-order valence-electron chi connectivity index (χ4n) is 4.63. The summed E-state index contributed by atoms with van der Waals surface area (Å²) < 4.78 is 6.64. The minimum Gasteiger partial charge on any atom is -0.469 e. The van der Waals surface area contributed by atoms with Gasteiger partial charge in [-0.25, -0.2) is 9.97 Å². The van der Waals surface area contributed by atoms with Crippen molar-refractivity contribution in [2.45, 2.75) is 38.1 Å². The Morgan fingerprint density at radius 3 is 2.86 bits per heavy atom. The second kappa shape index (κ2) is 8.32. The molecule has 2 aromatic rings. The maximum atomic E-state index is 12.8. The van der Waals surface area contributed by atoms with Crippen molar-refractivity contribution in [3.8, 4) is 11.3 Å². The van der Waals surface area contributed by atoms with Crippen LogP contribution < -0.4 is 11.3 Å². The Kier molecular flexibility index (Phi) is 5.62. The normalized spacial score (nSPS) is 20.9. The highest BCUT2D eigenvalue weighted by atomic mass is 16.5. The molecule has 2 aliphatic rings. The average Bonchev–Trinajstić information content (AvgIpc) is 2.71. The van der Waals surface area contributed by atoms with Crippen LogP contribution in [0, 0.1) is 5.92 Å². The van der Waals surface area contributed by atoms with Gasteiger partial charge < -0.3 is 19.9 Å². The number of carbonyl (C=O) groups is 1. The molecule has 2 N–H and O–H groups in total. The van der Waals surface area contributed by atoms with Crippen molar-refractivity contribution in [3.05, 3.63) is 40.6 Å². The first kappa shape index (κ1) is 19.6. The Bertz CT molecular complexity index is 958. The highest BCUT2D eigenvalue weighted by molar-refractivity contribution is 5.69. The summed E-state index contributed by atoms with van der Waals surface area (Å²) in [5.74, 6) is 1.06. The van der Waals surface area contributed by atoms with Gasteiger partial charge in [0, 0.05) is 55.4 Å². The summed E-state index contributed by atoms with van der Waals surface area (Å²) in [6.45, 7) is 3.67. The molecule has 0 saturated carbocycles. The first-order chi connectivity index (χ1) is 14.0. The highest BCUT2D eigenvalue weighted by Crippen LogP contribution is 2.36. The minimum absolute atomic E-state index is 0.0240. The molecule has 1 fully saturated rings. The third-order valence-electron chi connectivity index (χ3n) is 5.95. The number of carbonyl (C=O) groups excluding carboxylic acids is 1. The summed E-state index contributed by atoms with van der Waals surface area (Å²) >= 11 is 0. The number of hydrogen-bond donors (Lipinski definition) is 1. The van der Waals surface area contributed by atoms with Crippen LogP contribution in [0.15, 0.2) is 29.3 Å². The number of hydrogen-bond acceptors (Lipinski definition) is 7. The van der Waals surface area contributed by atoms with E-state index in [0.29, 0.717) is 29.8 Å². The predicted molar refractivity (Wildman–Crippen MR) is 109 cm³/mol. The zero-order valence-corrected chi connectivity index (χ0v) is 16.7. The van der Waals surface area contributed by atoms with Crippen molar-refractivity contribution in [2.75, 3.05) is 32.5 Å². The van der Waals surface area contributed by atoms with E-state index in [1.165, 1.54) is 13.4 Å². The molecular formula is C21H27N5O3. The molecule has 2 atom stereocenters. The van der Waals surface area contributed by atoms with E-state index in [2.05, 4.69) is 20.9 Å². The van der Waals surface area contributed by atoms with Crippen LogP contribution in [0.25, 0.3) is 11.3 Å². The van der Waals surface area contributed by atoms with Gasteiger partial charge in [0.25, 0.3) is 5.56 Å². The van der Waals surface area contributed by atoms with Crippen molar-refractivity contribution in [2.24, 2.45) is 5.92 Å². The van der Waals surface area contributed by atoms with E-state index in [9.17, 15) is 9.59 Å². The molecule has 2 aromatic heterocycles. The maximum Gasteiger partial charge on any atom is 0.305 e. The van der Waals surface area contributed by atoms with Gasteiger partial charge in [0.05, 0.1) is 12.8 Å². The molecule has 29 heavy (non-hydrogen) atoms. The standard InChI is InChI=1S/C21H27N5O3/c1-29-21(28)4-2-3-5-25-10-14-6-16(12-25)18-7-15(8-20(27)26(18)11-14)17-9-19(22)24-13-23-17/h7-9,13-14,16H,2-6,10-12H2,1H3,(H2,22,23,24)/t14-,16+/m0/s1. The second-order valence-electron chi connectivity index (χ2n) is 8.04. The van der Waals surface area contributed by atoms with E-state index in [0.717, 1.165) is 56.7 Å². The van der Waals surface area contributed by atoms with Crippen LogP contribution >= 0.6 is 0 Å². The van der Waals surface area contributed by atoms with Crippen molar-refractivity contribution in [3.63, 3.8) is 0 Å². The Balaban J connectivity index is 1.50. The number of methoxy groups -OCH3 is 1. The molecule has 0 radical (unpaired) electrons. The van der Waals surface area contributed by atoms with E-state index < -0.39 is 0 Å². The quantitative estimate of drug-likeness (QED) is 0.584. The maximum absolute atomic E-state index is 12.8. The SMILES string of the molecule is COC(=O)CCCCN1C[C@@H]2C[C@H](C1)c1cc(-c3cc(N)ncn3)cc(=O)n1C2. The number of nitrogens with two attached hydrogens (primary N) is 1. The Morgan fingerprint density at radius 1 is 1.21 bits per heavy atom. The largest absolute Gasteiger partial charge is 0.469 e. The van der Waals surface area contributed by atoms with E-state index in [1.807, 2.05) is 4.57 Å². The molecule has 8 heteroatoms. The minimum atomic E-state index is -0.147. The molecular weight excluding hydrogens is 370 g/mol. The summed E-state index contributed by atoms with van der Waals surface area (Å²) in [7, 11) is 1.43. The number of likely N-dealkylation sites (tertiary alicyclic amines) is 1. The zero-order chi connectivity index (χ0) is 20.4. The van der Waals surface area contributed by atoms with Crippen molar-refractivity contribution in [1.29, 1.82) is 0 Å². The monoisotopic (exact) mass is 397 g/mol. The summed E-state index contributed by atoms with van der Waals surface area (Å²) in [6.07, 6.45) is 4.82. The van der Waals surface area contributed by atoms with Crippen LogP contribution in [-0.4, -0.2) is 52.1 Å². The van der Waals surface area contributed by atoms with Crippen molar-refractivity contribution in [1.82, 2.24) is 19.4 Å². The van der Waals surface area contributed by atoms with Gasteiger partial charge in [-0.2, -0.15) is 0 Å². The molecule has 0 spiro atoms. The Morgan fingerprint density at radius 2 is 2.07 bits per heavy atom. The molecule has 1 saturated heterocycles. The third-order valence-corrected chi connectivity index (χ3v) is 5.95. The Labute approximate surface area is 169 Å². The number of anilines is 1. The van der Waals surface area contributed by atoms with Gasteiger partial charge >= 0.3 is 5.97 Å². The lowest BCUT2D eigenvalue weighted by molar-refractivity contribution is -0.140. The van der Waals surface area contributed by atoms with Gasteiger partial charge in [-0.05, 0) is 37.8 Å². The molecule has 0 aromatic carbocycles. The van der Waals surface area contributed by atoms with Crippen LogP contribution in [-0.2, 0) is 16.1 Å². The number of nitrogen functional groups attached to an aromatic ring is 1. The van der Waals surface area contributed by atoms with Crippen LogP contribution in [0.1, 0.15) is 37.3 Å². The van der Waals surface area contributed by atoms with Gasteiger partial charge in [0.15, 0.2) is 0 Å². The van der Waals surface area contributed by atoms with E-state index in [4.69, 9.17) is 10.5 Å². The number of nitrogens with zero attached hydrogens (tertiary/aromatic N) is 4. The van der Waals surface area contributed by atoms with Gasteiger partial charge in [-0.3, -0.25) is 9.59 Å². The molecule has 0 unspecified atom stereocenters. The molecule has 8 nitrogen and oxygen atoms in total. The molecule has 2 aliphatic heterocycles. The van der Waals surface area contributed by atoms with E-state index in [1.54, 1.807) is 12.1 Å². The lowest BCUT2D eigenvalue weighted by Gasteiger charge is -2.43. The first-order valence-corrected chi connectivity index (χ1v) is 10.2. The smallest absolute Gasteiger partial charge is 0.305 e. The van der Waals surface area contributed by atoms with E-state index >= 15 is 0 Å². The molecule has 154 valence electrons. The lowest BCUT2D eigenvalue weighted by atomic mass is 9.82. The van der Waals surface area contributed by atoms with Gasteiger partial charge in [0.2, 0.25) is 0 Å². The van der Waals surface area contributed by atoms with Crippen LogP contribution in [0.2, 0.25) is 0 Å². The predicted octanol–water partition coefficient (Wildman–Crippen LogP) is 1.65. The van der Waals surface area contributed by atoms with Crippen LogP contribution in [0.3, 0.4) is 0 Å². The number of esters is 1. The second-order valence-corrected chi connectivity index (χ2v) is 8.04. The highest BCUT2D eigenvalue weighted by Gasteiger charge is 2.34. The van der Waals surface area contributed by atoms with Gasteiger partial charge in [0.1, 0.15) is 12.1 Å². The summed E-state index contributed by atoms with van der Waals surface area (Å²) in [5, 5.41) is 0. The van der Waals surface area contributed by atoms with Gasteiger partial charge in [-0.15, -0.1) is 0 Å². The fourth-order valence-corrected chi connectivity index (χ4v) is 4.63. The molecule has 4 heterocycles. The zero-order valence-electron chi connectivity index (χ0n) is 16.7.